The Bertz CT molecular complexity index is 898. The molecule has 0 heterocycles. The van der Waals surface area contributed by atoms with E-state index < -0.39 is 0 Å². The predicted molar refractivity (Wildman–Crippen MR) is 145 cm³/mol. The number of ether oxygens (including phenoxy) is 2. The summed E-state index contributed by atoms with van der Waals surface area (Å²) in [6.07, 6.45) is 0. The summed E-state index contributed by atoms with van der Waals surface area (Å²) in [4.78, 5) is 0. The van der Waals surface area contributed by atoms with Gasteiger partial charge >= 0.3 is 0 Å². The first-order chi connectivity index (χ1) is 15.3. The van der Waals surface area contributed by atoms with Gasteiger partial charge in [0.25, 0.3) is 0 Å². The molecule has 0 aliphatic carbocycles. The summed E-state index contributed by atoms with van der Waals surface area (Å²) < 4.78 is 11.8. The smallest absolute Gasteiger partial charge is 0.126 e. The number of nitrogens with zero attached hydrogens (tertiary/aromatic N) is 2. The van der Waals surface area contributed by atoms with Crippen molar-refractivity contribution in [2.75, 3.05) is 14.2 Å². The highest BCUT2D eigenvalue weighted by Gasteiger charge is 2.29. The van der Waals surface area contributed by atoms with Crippen LogP contribution in [0, 0.1) is 0 Å². The zero-order chi connectivity index (χ0) is 26.3. The summed E-state index contributed by atoms with van der Waals surface area (Å²) in [5.74, 6) is 1.88. The second kappa shape index (κ2) is 9.36. The van der Waals surface area contributed by atoms with Crippen molar-refractivity contribution in [1.29, 1.82) is 0 Å². The maximum absolute atomic E-state index is 5.89. The predicted octanol–water partition coefficient (Wildman–Crippen LogP) is 9.31. The monoisotopic (exact) mass is 466 g/mol. The molecule has 0 amide bonds. The molecule has 0 aliphatic heterocycles. The molecule has 188 valence electrons. The van der Waals surface area contributed by atoms with E-state index in [1.165, 1.54) is 0 Å². The summed E-state index contributed by atoms with van der Waals surface area (Å²) in [7, 11) is 3.50. The van der Waals surface area contributed by atoms with E-state index in [9.17, 15) is 0 Å². The summed E-state index contributed by atoms with van der Waals surface area (Å²) in [6.45, 7) is 26.4. The Kier molecular flexibility index (Phi) is 7.67. The van der Waals surface area contributed by atoms with Crippen LogP contribution in [-0.4, -0.2) is 14.2 Å². The number of hydrogen-bond donors (Lipinski definition) is 0. The molecule has 0 aliphatic rings. The Balaban J connectivity index is 2.76. The minimum atomic E-state index is -0.0875. The van der Waals surface area contributed by atoms with Crippen molar-refractivity contribution >= 4 is 11.4 Å². The lowest BCUT2D eigenvalue weighted by molar-refractivity contribution is 0.381. The van der Waals surface area contributed by atoms with Crippen molar-refractivity contribution in [2.45, 2.75) is 105 Å². The molecular formula is C30H46N2O2. The van der Waals surface area contributed by atoms with Gasteiger partial charge in [-0.15, -0.1) is 0 Å². The molecular weight excluding hydrogens is 420 g/mol. The van der Waals surface area contributed by atoms with Gasteiger partial charge in [0.2, 0.25) is 0 Å². The molecule has 0 spiro atoms. The highest BCUT2D eigenvalue weighted by Crippen LogP contribution is 2.44. The van der Waals surface area contributed by atoms with Crippen LogP contribution >= 0.6 is 0 Å². The molecule has 34 heavy (non-hydrogen) atoms. The first kappa shape index (κ1) is 27.9. The third kappa shape index (κ3) is 6.20. The summed E-state index contributed by atoms with van der Waals surface area (Å²) in [5.41, 5.74) is 5.86. The minimum Gasteiger partial charge on any atom is -0.496 e. The summed E-state index contributed by atoms with van der Waals surface area (Å²) >= 11 is 0. The average Bonchev–Trinajstić information content (AvgIpc) is 2.68. The number of methoxy groups -OCH3 is 2. The van der Waals surface area contributed by atoms with Gasteiger partial charge in [-0.1, -0.05) is 83.1 Å². The topological polar surface area (TPSA) is 43.2 Å². The van der Waals surface area contributed by atoms with E-state index in [2.05, 4.69) is 107 Å². The van der Waals surface area contributed by atoms with Gasteiger partial charge in [-0.3, -0.25) is 0 Å². The lowest BCUT2D eigenvalue weighted by Crippen LogP contribution is -2.19. The molecule has 0 unspecified atom stereocenters. The van der Waals surface area contributed by atoms with E-state index in [1.54, 1.807) is 14.2 Å². The quantitative estimate of drug-likeness (QED) is 0.421. The van der Waals surface area contributed by atoms with Crippen LogP contribution in [0.15, 0.2) is 34.5 Å². The molecule has 0 atom stereocenters. The normalized spacial score (nSPS) is 13.5. The second-order valence-electron chi connectivity index (χ2n) is 13.3. The first-order valence-electron chi connectivity index (χ1n) is 12.2. The molecule has 0 N–H and O–H groups in total. The Morgan fingerprint density at radius 1 is 0.441 bits per heavy atom. The van der Waals surface area contributed by atoms with Crippen LogP contribution in [0.25, 0.3) is 0 Å². The number of benzene rings is 2. The van der Waals surface area contributed by atoms with Gasteiger partial charge in [0.15, 0.2) is 0 Å². The van der Waals surface area contributed by atoms with Gasteiger partial charge in [0.1, 0.15) is 11.5 Å². The zero-order valence-corrected chi connectivity index (χ0v) is 24.0. The summed E-state index contributed by atoms with van der Waals surface area (Å²) in [5, 5.41) is 9.46. The van der Waals surface area contributed by atoms with Crippen molar-refractivity contribution in [3.63, 3.8) is 0 Å². The molecule has 0 saturated heterocycles. The Hall–Kier alpha value is -2.36. The largest absolute Gasteiger partial charge is 0.496 e. The third-order valence-corrected chi connectivity index (χ3v) is 6.07. The van der Waals surface area contributed by atoms with Crippen LogP contribution in [0.2, 0.25) is 0 Å². The SMILES string of the molecule is COc1c(C(C)(C)C)cc(N=Nc2cc(C(C)(C)C)c(OC)c(C(C)(C)C)c2)cc1C(C)(C)C. The standard InChI is InChI=1S/C30H46N2O2/c1-27(2,3)21-15-19(16-22(25(21)33-13)28(4,5)6)31-32-20-17-23(29(7,8)9)26(34-14)24(18-20)30(10,11)12/h15-18H,1-14H3. The zero-order valence-electron chi connectivity index (χ0n) is 24.0. The Labute approximate surface area is 208 Å². The van der Waals surface area contributed by atoms with E-state index in [0.29, 0.717) is 0 Å². The molecule has 0 bridgehead atoms. The van der Waals surface area contributed by atoms with Gasteiger partial charge in [-0.05, 0) is 45.9 Å². The maximum atomic E-state index is 5.89. The van der Waals surface area contributed by atoms with Crippen LogP contribution in [0.5, 0.6) is 11.5 Å². The minimum absolute atomic E-state index is 0.0875. The molecule has 2 aromatic rings. The number of hydrogen-bond acceptors (Lipinski definition) is 4. The van der Waals surface area contributed by atoms with Crippen molar-refractivity contribution in [2.24, 2.45) is 10.2 Å². The van der Waals surface area contributed by atoms with Gasteiger partial charge in [-0.2, -0.15) is 10.2 Å². The molecule has 4 heteroatoms. The van der Waals surface area contributed by atoms with Crippen LogP contribution in [0.4, 0.5) is 11.4 Å². The van der Waals surface area contributed by atoms with Gasteiger partial charge in [0.05, 0.1) is 25.6 Å². The van der Waals surface area contributed by atoms with Gasteiger partial charge < -0.3 is 9.47 Å². The first-order valence-corrected chi connectivity index (χ1v) is 12.2. The van der Waals surface area contributed by atoms with Crippen molar-refractivity contribution in [1.82, 2.24) is 0 Å². The van der Waals surface area contributed by atoms with Crippen LogP contribution in [0.3, 0.4) is 0 Å². The van der Waals surface area contributed by atoms with Crippen molar-refractivity contribution in [3.05, 3.63) is 46.5 Å². The molecule has 0 fully saturated rings. The van der Waals surface area contributed by atoms with Crippen LogP contribution < -0.4 is 9.47 Å². The van der Waals surface area contributed by atoms with E-state index in [1.807, 2.05) is 0 Å². The van der Waals surface area contributed by atoms with Crippen LogP contribution in [0.1, 0.15) is 105 Å². The molecule has 0 saturated carbocycles. The number of azo groups is 1. The van der Waals surface area contributed by atoms with Gasteiger partial charge in [0, 0.05) is 22.3 Å². The van der Waals surface area contributed by atoms with Crippen molar-refractivity contribution < 1.29 is 9.47 Å². The van der Waals surface area contributed by atoms with Gasteiger partial charge in [-0.25, -0.2) is 0 Å². The van der Waals surface area contributed by atoms with E-state index in [-0.39, 0.29) is 21.7 Å². The van der Waals surface area contributed by atoms with E-state index in [0.717, 1.165) is 45.1 Å². The number of rotatable bonds is 4. The third-order valence-electron chi connectivity index (χ3n) is 6.07. The molecule has 0 radical (unpaired) electrons. The molecule has 2 aromatic carbocycles. The lowest BCUT2D eigenvalue weighted by atomic mass is 9.79. The molecule has 4 nitrogen and oxygen atoms in total. The molecule has 2 rings (SSSR count). The summed E-state index contributed by atoms with van der Waals surface area (Å²) in [6, 6.07) is 8.43. The fourth-order valence-corrected chi connectivity index (χ4v) is 4.13. The van der Waals surface area contributed by atoms with Crippen molar-refractivity contribution in [3.8, 4) is 11.5 Å². The van der Waals surface area contributed by atoms with Crippen LogP contribution in [-0.2, 0) is 21.7 Å². The lowest BCUT2D eigenvalue weighted by Gasteiger charge is -2.29. The van der Waals surface area contributed by atoms with E-state index in [4.69, 9.17) is 19.7 Å². The maximum Gasteiger partial charge on any atom is 0.126 e. The fourth-order valence-electron chi connectivity index (χ4n) is 4.13. The fraction of sp³-hybridized carbons (Fsp3) is 0.600. The Morgan fingerprint density at radius 3 is 0.794 bits per heavy atom. The Morgan fingerprint density at radius 2 is 0.647 bits per heavy atom. The highest BCUT2D eigenvalue weighted by atomic mass is 16.5. The molecule has 0 aromatic heterocycles. The average molecular weight is 467 g/mol. The highest BCUT2D eigenvalue weighted by molar-refractivity contribution is 5.59. The van der Waals surface area contributed by atoms with E-state index >= 15 is 0 Å². The second-order valence-corrected chi connectivity index (χ2v) is 13.3.